The van der Waals surface area contributed by atoms with Crippen molar-refractivity contribution in [3.05, 3.63) is 11.9 Å². The predicted molar refractivity (Wildman–Crippen MR) is 59.4 cm³/mol. The first-order valence-corrected chi connectivity index (χ1v) is 5.40. The molecule has 0 saturated carbocycles. The number of hydrogen-bond donors (Lipinski definition) is 0. The van der Waals surface area contributed by atoms with Crippen LogP contribution in [0.25, 0.3) is 0 Å². The summed E-state index contributed by atoms with van der Waals surface area (Å²) >= 11 is 0. The van der Waals surface area contributed by atoms with Gasteiger partial charge in [0.2, 0.25) is 0 Å². The third kappa shape index (κ3) is 4.93. The Kier molecular flexibility index (Phi) is 3.85. The van der Waals surface area contributed by atoms with E-state index in [2.05, 4.69) is 24.2 Å². The maximum Gasteiger partial charge on any atom is 0.141 e. The van der Waals surface area contributed by atoms with E-state index in [1.54, 1.807) is 4.68 Å². The van der Waals surface area contributed by atoms with Crippen LogP contribution in [0.1, 0.15) is 40.3 Å². The molecule has 0 aromatic carbocycles. The van der Waals surface area contributed by atoms with E-state index in [0.29, 0.717) is 12.6 Å². The van der Waals surface area contributed by atoms with Gasteiger partial charge in [-0.2, -0.15) is 0 Å². The van der Waals surface area contributed by atoms with Gasteiger partial charge in [0.25, 0.3) is 0 Å². The Morgan fingerprint density at radius 3 is 2.60 bits per heavy atom. The molecule has 0 amide bonds. The van der Waals surface area contributed by atoms with Crippen LogP contribution in [-0.2, 0) is 17.9 Å². The predicted octanol–water partition coefficient (Wildman–Crippen LogP) is 2.25. The van der Waals surface area contributed by atoms with E-state index in [0.717, 1.165) is 12.1 Å². The van der Waals surface area contributed by atoms with Crippen molar-refractivity contribution in [2.24, 2.45) is 5.92 Å². The second-order valence-corrected chi connectivity index (χ2v) is 5.23. The molecule has 0 saturated heterocycles. The molecule has 86 valence electrons. The van der Waals surface area contributed by atoms with Gasteiger partial charge in [0, 0.05) is 0 Å². The first-order chi connectivity index (χ1) is 6.87. The van der Waals surface area contributed by atoms with Gasteiger partial charge in [-0.25, -0.2) is 4.68 Å². The first kappa shape index (κ1) is 12.2. The summed E-state index contributed by atoms with van der Waals surface area (Å²) in [5.74, 6) is 0.610. The Bertz CT molecular complexity index is 299. The van der Waals surface area contributed by atoms with Crippen LogP contribution < -0.4 is 0 Å². The summed E-state index contributed by atoms with van der Waals surface area (Å²) in [6.07, 6.45) is 2.92. The number of aromatic nitrogens is 3. The van der Waals surface area contributed by atoms with Crippen LogP contribution in [0, 0.1) is 5.92 Å². The molecule has 4 heteroatoms. The number of hydrogen-bond acceptors (Lipinski definition) is 3. The van der Waals surface area contributed by atoms with Crippen molar-refractivity contribution in [2.75, 3.05) is 0 Å². The van der Waals surface area contributed by atoms with Crippen molar-refractivity contribution in [3.63, 3.8) is 0 Å². The molecule has 1 aromatic heterocycles. The molecule has 4 nitrogen and oxygen atoms in total. The fraction of sp³-hybridized carbons (Fsp3) is 0.818. The Morgan fingerprint density at radius 2 is 2.07 bits per heavy atom. The fourth-order valence-corrected chi connectivity index (χ4v) is 1.17. The van der Waals surface area contributed by atoms with Crippen molar-refractivity contribution < 1.29 is 4.74 Å². The van der Waals surface area contributed by atoms with E-state index in [-0.39, 0.29) is 5.60 Å². The van der Waals surface area contributed by atoms with Crippen molar-refractivity contribution in [1.29, 1.82) is 0 Å². The lowest BCUT2D eigenvalue weighted by molar-refractivity contribution is -0.0485. The number of nitrogens with zero attached hydrogens (tertiary/aromatic N) is 3. The molecule has 0 aliphatic heterocycles. The summed E-state index contributed by atoms with van der Waals surface area (Å²) in [4.78, 5) is 0. The third-order valence-corrected chi connectivity index (χ3v) is 1.83. The Morgan fingerprint density at radius 1 is 1.40 bits per heavy atom. The summed E-state index contributed by atoms with van der Waals surface area (Å²) in [7, 11) is 0. The molecular formula is C11H21N3O. The molecule has 0 spiro atoms. The fourth-order valence-electron chi connectivity index (χ4n) is 1.17. The molecule has 0 bridgehead atoms. The van der Waals surface area contributed by atoms with E-state index < -0.39 is 0 Å². The lowest BCUT2D eigenvalue weighted by Crippen LogP contribution is -2.21. The average molecular weight is 211 g/mol. The molecule has 0 radical (unpaired) electrons. The van der Waals surface area contributed by atoms with Crippen LogP contribution in [0.2, 0.25) is 0 Å². The van der Waals surface area contributed by atoms with Gasteiger partial charge in [-0.1, -0.05) is 19.1 Å². The van der Waals surface area contributed by atoms with Crippen LogP contribution in [0.4, 0.5) is 0 Å². The molecule has 15 heavy (non-hydrogen) atoms. The van der Waals surface area contributed by atoms with Crippen LogP contribution in [-0.4, -0.2) is 20.6 Å². The zero-order valence-corrected chi connectivity index (χ0v) is 10.3. The molecule has 0 atom stereocenters. The van der Waals surface area contributed by atoms with Gasteiger partial charge in [-0.3, -0.25) is 0 Å². The molecule has 0 aliphatic rings. The molecule has 1 aromatic rings. The summed E-state index contributed by atoms with van der Waals surface area (Å²) in [6.45, 7) is 10.9. The minimum absolute atomic E-state index is 0.135. The van der Waals surface area contributed by atoms with E-state index >= 15 is 0 Å². The van der Waals surface area contributed by atoms with Gasteiger partial charge in [-0.05, 0) is 33.1 Å². The Hall–Kier alpha value is -0.900. The largest absolute Gasteiger partial charge is 0.354 e. The zero-order chi connectivity index (χ0) is 11.5. The second-order valence-electron chi connectivity index (χ2n) is 5.23. The van der Waals surface area contributed by atoms with Gasteiger partial charge in [0.1, 0.15) is 6.73 Å². The van der Waals surface area contributed by atoms with Crippen molar-refractivity contribution in [3.8, 4) is 0 Å². The van der Waals surface area contributed by atoms with Gasteiger partial charge in [0.05, 0.1) is 17.5 Å². The summed E-state index contributed by atoms with van der Waals surface area (Å²) < 4.78 is 7.33. The lowest BCUT2D eigenvalue weighted by atomic mass is 10.1. The van der Waals surface area contributed by atoms with Crippen LogP contribution in [0.3, 0.4) is 0 Å². The van der Waals surface area contributed by atoms with E-state index in [9.17, 15) is 0 Å². The highest BCUT2D eigenvalue weighted by Gasteiger charge is 2.11. The third-order valence-electron chi connectivity index (χ3n) is 1.83. The maximum atomic E-state index is 5.59. The van der Waals surface area contributed by atoms with E-state index in [1.165, 1.54) is 0 Å². The van der Waals surface area contributed by atoms with Crippen LogP contribution >= 0.6 is 0 Å². The normalized spacial score (nSPS) is 12.4. The number of rotatable bonds is 4. The Balaban J connectivity index is 2.46. The minimum Gasteiger partial charge on any atom is -0.354 e. The highest BCUT2D eigenvalue weighted by molar-refractivity contribution is 4.92. The molecule has 1 rings (SSSR count). The number of ether oxygens (including phenoxy) is 1. The van der Waals surface area contributed by atoms with Crippen LogP contribution in [0.5, 0.6) is 0 Å². The average Bonchev–Trinajstić information content (AvgIpc) is 2.46. The molecular weight excluding hydrogens is 190 g/mol. The zero-order valence-electron chi connectivity index (χ0n) is 10.3. The highest BCUT2D eigenvalue weighted by atomic mass is 16.5. The quantitative estimate of drug-likeness (QED) is 0.767. The van der Waals surface area contributed by atoms with Crippen LogP contribution in [0.15, 0.2) is 6.20 Å². The topological polar surface area (TPSA) is 39.9 Å². The summed E-state index contributed by atoms with van der Waals surface area (Å²) in [5.41, 5.74) is 0.895. The molecule has 0 aliphatic carbocycles. The molecule has 0 N–H and O–H groups in total. The summed E-state index contributed by atoms with van der Waals surface area (Å²) in [5, 5.41) is 8.10. The molecule has 1 heterocycles. The second kappa shape index (κ2) is 4.75. The summed E-state index contributed by atoms with van der Waals surface area (Å²) in [6, 6.07) is 0. The van der Waals surface area contributed by atoms with Gasteiger partial charge >= 0.3 is 0 Å². The van der Waals surface area contributed by atoms with E-state index in [4.69, 9.17) is 4.74 Å². The smallest absolute Gasteiger partial charge is 0.141 e. The monoisotopic (exact) mass is 211 g/mol. The Labute approximate surface area is 91.6 Å². The lowest BCUT2D eigenvalue weighted by Gasteiger charge is -2.18. The minimum atomic E-state index is -0.135. The molecule has 0 fully saturated rings. The van der Waals surface area contributed by atoms with E-state index in [1.807, 2.05) is 27.0 Å². The van der Waals surface area contributed by atoms with Crippen molar-refractivity contribution in [1.82, 2.24) is 15.0 Å². The first-order valence-electron chi connectivity index (χ1n) is 5.40. The maximum absolute atomic E-state index is 5.59. The highest BCUT2D eigenvalue weighted by Crippen LogP contribution is 2.08. The van der Waals surface area contributed by atoms with Gasteiger partial charge in [0.15, 0.2) is 0 Å². The SMILES string of the molecule is CC(C)Cc1cn(COC(C)(C)C)nn1. The van der Waals surface area contributed by atoms with Gasteiger partial charge < -0.3 is 4.74 Å². The van der Waals surface area contributed by atoms with Crippen molar-refractivity contribution in [2.45, 2.75) is 53.4 Å². The van der Waals surface area contributed by atoms with Crippen molar-refractivity contribution >= 4 is 0 Å². The standard InChI is InChI=1S/C11H21N3O/c1-9(2)6-10-7-14(13-12-10)8-15-11(3,4)5/h7,9H,6,8H2,1-5H3. The molecule has 0 unspecified atom stereocenters. The van der Waals surface area contributed by atoms with Gasteiger partial charge in [-0.15, -0.1) is 5.10 Å².